The van der Waals surface area contributed by atoms with E-state index in [2.05, 4.69) is 16.1 Å². The van der Waals surface area contributed by atoms with Gasteiger partial charge in [-0.15, -0.1) is 0 Å². The molecular weight excluding hydrogens is 520 g/mol. The predicted octanol–water partition coefficient (Wildman–Crippen LogP) is 3.57. The first-order chi connectivity index (χ1) is 19.9. The van der Waals surface area contributed by atoms with Gasteiger partial charge in [-0.05, 0) is 37.6 Å². The van der Waals surface area contributed by atoms with E-state index in [9.17, 15) is 10.1 Å². The minimum Gasteiger partial charge on any atom is -0.489 e. The van der Waals surface area contributed by atoms with Crippen LogP contribution in [0.25, 0.3) is 16.6 Å². The summed E-state index contributed by atoms with van der Waals surface area (Å²) in [5.41, 5.74) is 3.44. The van der Waals surface area contributed by atoms with Crippen molar-refractivity contribution in [2.75, 3.05) is 51.9 Å². The summed E-state index contributed by atoms with van der Waals surface area (Å²) >= 11 is 0. The van der Waals surface area contributed by atoms with E-state index in [0.717, 1.165) is 42.7 Å². The van der Waals surface area contributed by atoms with Crippen LogP contribution in [0.3, 0.4) is 0 Å². The van der Waals surface area contributed by atoms with E-state index >= 15 is 0 Å². The zero-order chi connectivity index (χ0) is 29.4. The maximum absolute atomic E-state index is 12.7. The van der Waals surface area contributed by atoms with E-state index in [1.165, 1.54) is 0 Å². The SMILES string of the molecule is CO.COC(C)(C)COc1cc(-c2ccc(N3CCN(C(=O)Cc4ccccc4)CC3)nc2)c2c(C#N)cnn2c1. The summed E-state index contributed by atoms with van der Waals surface area (Å²) in [5.74, 6) is 1.63. The molecule has 214 valence electrons. The second-order valence-corrected chi connectivity index (χ2v) is 10.2. The summed E-state index contributed by atoms with van der Waals surface area (Å²) in [6.07, 6.45) is 5.57. The van der Waals surface area contributed by atoms with Crippen LogP contribution in [0.15, 0.2) is 67.1 Å². The molecule has 1 fully saturated rings. The number of nitriles is 1. The standard InChI is InChI=1S/C30H32N6O3.CH4O/c1-30(2,38-3)21-39-25-16-26(29-24(17-31)19-33-36(29)20-25)23-9-10-27(32-18-23)34-11-13-35(14-12-34)28(37)15-22-7-5-4-6-8-22;1-2/h4-10,16,18-20H,11-15,21H2,1-3H3;2H,1H3. The van der Waals surface area contributed by atoms with Gasteiger partial charge >= 0.3 is 0 Å². The molecule has 1 N–H and O–H groups in total. The lowest BCUT2D eigenvalue weighted by atomic mass is 10.1. The Hall–Kier alpha value is -4.46. The highest BCUT2D eigenvalue weighted by Gasteiger charge is 2.23. The Balaban J connectivity index is 0.00000189. The molecular formula is C31H36N6O4. The molecule has 0 atom stereocenters. The molecule has 4 heterocycles. The summed E-state index contributed by atoms with van der Waals surface area (Å²) in [4.78, 5) is 21.6. The quantitative estimate of drug-likeness (QED) is 0.350. The molecule has 0 unspecified atom stereocenters. The topological polar surface area (TPSA) is 116 Å². The number of piperazine rings is 1. The Morgan fingerprint density at radius 2 is 1.80 bits per heavy atom. The first kappa shape index (κ1) is 29.5. The lowest BCUT2D eigenvalue weighted by molar-refractivity contribution is -0.130. The Morgan fingerprint density at radius 3 is 2.44 bits per heavy atom. The average Bonchev–Trinajstić information content (AvgIpc) is 3.44. The van der Waals surface area contributed by atoms with Gasteiger partial charge in [-0.1, -0.05) is 30.3 Å². The van der Waals surface area contributed by atoms with Crippen LogP contribution in [0, 0.1) is 11.3 Å². The number of aliphatic hydroxyl groups excluding tert-OH is 1. The molecule has 0 spiro atoms. The monoisotopic (exact) mass is 556 g/mol. The van der Waals surface area contributed by atoms with Crippen molar-refractivity contribution in [1.29, 1.82) is 5.26 Å². The van der Waals surface area contributed by atoms with Crippen molar-refractivity contribution in [3.63, 3.8) is 0 Å². The van der Waals surface area contributed by atoms with Gasteiger partial charge in [-0.3, -0.25) is 4.79 Å². The molecule has 0 radical (unpaired) electrons. The number of ether oxygens (including phenoxy) is 2. The summed E-state index contributed by atoms with van der Waals surface area (Å²) in [6, 6.07) is 18.0. The molecule has 0 bridgehead atoms. The number of aromatic nitrogens is 3. The van der Waals surface area contributed by atoms with E-state index in [-0.39, 0.29) is 5.91 Å². The van der Waals surface area contributed by atoms with Crippen LogP contribution in [-0.4, -0.2) is 83.1 Å². The largest absolute Gasteiger partial charge is 0.489 e. The number of rotatable bonds is 8. The molecule has 4 aromatic rings. The van der Waals surface area contributed by atoms with Crippen molar-refractivity contribution in [3.05, 3.63) is 78.2 Å². The molecule has 1 aliphatic heterocycles. The fraction of sp³-hybridized carbons (Fsp3) is 0.355. The van der Waals surface area contributed by atoms with Gasteiger partial charge in [0.05, 0.1) is 35.5 Å². The van der Waals surface area contributed by atoms with Crippen molar-refractivity contribution >= 4 is 17.2 Å². The van der Waals surface area contributed by atoms with Crippen molar-refractivity contribution in [1.82, 2.24) is 19.5 Å². The fourth-order valence-corrected chi connectivity index (χ4v) is 4.59. The van der Waals surface area contributed by atoms with Crippen LogP contribution >= 0.6 is 0 Å². The Labute approximate surface area is 240 Å². The lowest BCUT2D eigenvalue weighted by Gasteiger charge is -2.35. The van der Waals surface area contributed by atoms with Gasteiger partial charge in [-0.25, -0.2) is 9.50 Å². The van der Waals surface area contributed by atoms with Crippen LogP contribution in [0.2, 0.25) is 0 Å². The van der Waals surface area contributed by atoms with Crippen LogP contribution in [0.5, 0.6) is 5.75 Å². The smallest absolute Gasteiger partial charge is 0.227 e. The molecule has 1 saturated heterocycles. The zero-order valence-corrected chi connectivity index (χ0v) is 23.9. The van der Waals surface area contributed by atoms with E-state index in [1.807, 2.05) is 73.5 Å². The molecule has 0 aliphatic carbocycles. The van der Waals surface area contributed by atoms with Crippen LogP contribution in [0.1, 0.15) is 25.0 Å². The van der Waals surface area contributed by atoms with Gasteiger partial charge in [-0.2, -0.15) is 10.4 Å². The van der Waals surface area contributed by atoms with Gasteiger partial charge < -0.3 is 24.4 Å². The highest BCUT2D eigenvalue weighted by atomic mass is 16.5. The molecule has 41 heavy (non-hydrogen) atoms. The minimum atomic E-state index is -0.448. The van der Waals surface area contributed by atoms with E-state index < -0.39 is 5.60 Å². The molecule has 1 amide bonds. The Kier molecular flexibility index (Phi) is 9.55. The third kappa shape index (κ3) is 7.01. The van der Waals surface area contributed by atoms with Gasteiger partial charge in [0.2, 0.25) is 5.91 Å². The van der Waals surface area contributed by atoms with E-state index in [4.69, 9.17) is 19.6 Å². The highest BCUT2D eigenvalue weighted by Crippen LogP contribution is 2.32. The molecule has 0 saturated carbocycles. The maximum Gasteiger partial charge on any atom is 0.227 e. The van der Waals surface area contributed by atoms with Gasteiger partial charge in [0, 0.05) is 57.7 Å². The van der Waals surface area contributed by atoms with Crippen LogP contribution in [0.4, 0.5) is 5.82 Å². The second kappa shape index (κ2) is 13.3. The number of anilines is 1. The van der Waals surface area contributed by atoms with Gasteiger partial charge in [0.15, 0.2) is 0 Å². The number of carbonyl (C=O) groups is 1. The first-order valence-corrected chi connectivity index (χ1v) is 13.4. The number of methoxy groups -OCH3 is 1. The van der Waals surface area contributed by atoms with E-state index in [1.54, 1.807) is 24.0 Å². The third-order valence-corrected chi connectivity index (χ3v) is 7.06. The number of hydrogen-bond acceptors (Lipinski definition) is 8. The van der Waals surface area contributed by atoms with Crippen LogP contribution in [-0.2, 0) is 16.0 Å². The number of nitrogens with zero attached hydrogens (tertiary/aromatic N) is 6. The van der Waals surface area contributed by atoms with Crippen molar-refractivity contribution in [2.45, 2.75) is 25.9 Å². The van der Waals surface area contributed by atoms with Gasteiger partial charge in [0.1, 0.15) is 24.2 Å². The minimum absolute atomic E-state index is 0.151. The predicted molar refractivity (Wildman–Crippen MR) is 157 cm³/mol. The summed E-state index contributed by atoms with van der Waals surface area (Å²) in [7, 11) is 2.65. The summed E-state index contributed by atoms with van der Waals surface area (Å²) < 4.78 is 13.2. The number of hydrogen-bond donors (Lipinski definition) is 1. The first-order valence-electron chi connectivity index (χ1n) is 13.4. The molecule has 5 rings (SSSR count). The molecule has 3 aromatic heterocycles. The zero-order valence-electron chi connectivity index (χ0n) is 23.9. The third-order valence-electron chi connectivity index (χ3n) is 7.06. The Morgan fingerprint density at radius 1 is 1.07 bits per heavy atom. The van der Waals surface area contributed by atoms with Crippen molar-refractivity contribution < 1.29 is 19.4 Å². The molecule has 10 nitrogen and oxygen atoms in total. The van der Waals surface area contributed by atoms with E-state index in [0.29, 0.717) is 42.9 Å². The van der Waals surface area contributed by atoms with Crippen molar-refractivity contribution in [3.8, 4) is 22.9 Å². The fourth-order valence-electron chi connectivity index (χ4n) is 4.59. The Bertz CT molecular complexity index is 1490. The maximum atomic E-state index is 12.7. The molecule has 1 aliphatic rings. The number of benzene rings is 1. The number of pyridine rings is 2. The lowest BCUT2D eigenvalue weighted by Crippen LogP contribution is -2.49. The number of fused-ring (bicyclic) bond motifs is 1. The summed E-state index contributed by atoms with van der Waals surface area (Å²) in [6.45, 7) is 7.03. The molecule has 1 aromatic carbocycles. The van der Waals surface area contributed by atoms with Gasteiger partial charge in [0.25, 0.3) is 0 Å². The number of aliphatic hydroxyl groups is 1. The van der Waals surface area contributed by atoms with Crippen LogP contribution < -0.4 is 9.64 Å². The van der Waals surface area contributed by atoms with Crippen molar-refractivity contribution in [2.24, 2.45) is 0 Å². The highest BCUT2D eigenvalue weighted by molar-refractivity contribution is 5.85. The summed E-state index contributed by atoms with van der Waals surface area (Å²) in [5, 5.41) is 21.0. The average molecular weight is 557 g/mol. The molecule has 10 heteroatoms. The number of amides is 1. The second-order valence-electron chi connectivity index (χ2n) is 10.2. The number of carbonyl (C=O) groups excluding carboxylic acids is 1. The normalized spacial score (nSPS) is 13.4.